The zero-order valence-electron chi connectivity index (χ0n) is 5.22. The van der Waals surface area contributed by atoms with Gasteiger partial charge in [0.15, 0.2) is 0 Å². The highest BCUT2D eigenvalue weighted by atomic mass is 79.9. The molecule has 0 aromatic heterocycles. The number of carbonyl (C=O) groups is 1. The quantitative estimate of drug-likeness (QED) is 0.522. The van der Waals surface area contributed by atoms with Crippen LogP contribution in [0.25, 0.3) is 0 Å². The van der Waals surface area contributed by atoms with Gasteiger partial charge in [-0.3, -0.25) is 4.79 Å². The summed E-state index contributed by atoms with van der Waals surface area (Å²) in [7, 11) is 0. The molecule has 1 saturated carbocycles. The molecule has 0 spiro atoms. The molecular weight excluding hydrogens is 196 g/mol. The van der Waals surface area contributed by atoms with E-state index in [9.17, 15) is 0 Å². The molecule has 0 atom stereocenters. The molecule has 2 nitrogen and oxygen atoms in total. The summed E-state index contributed by atoms with van der Waals surface area (Å²) in [6.45, 7) is -0.250. The molecule has 0 bridgehead atoms. The van der Waals surface area contributed by atoms with Crippen molar-refractivity contribution in [3.63, 3.8) is 0 Å². The highest BCUT2D eigenvalue weighted by Crippen LogP contribution is 2.32. The number of halogens is 1. The lowest BCUT2D eigenvalue weighted by Gasteiger charge is -2.22. The van der Waals surface area contributed by atoms with Gasteiger partial charge in [0.2, 0.25) is 0 Å². The van der Waals surface area contributed by atoms with Gasteiger partial charge in [-0.25, -0.2) is 0 Å². The van der Waals surface area contributed by atoms with Gasteiger partial charge in [0.05, 0.1) is 0 Å². The van der Waals surface area contributed by atoms with E-state index < -0.39 is 0 Å². The van der Waals surface area contributed by atoms with Crippen molar-refractivity contribution >= 4 is 37.5 Å². The van der Waals surface area contributed by atoms with Crippen molar-refractivity contribution in [2.75, 3.05) is 0 Å². The van der Waals surface area contributed by atoms with Crippen molar-refractivity contribution in [1.29, 1.82) is 0 Å². The van der Waals surface area contributed by atoms with Crippen molar-refractivity contribution in [2.24, 2.45) is 0 Å². The van der Waals surface area contributed by atoms with Crippen LogP contribution in [0.5, 0.6) is 0 Å². The molecule has 1 aliphatic rings. The fourth-order valence-corrected chi connectivity index (χ4v) is 3.48. The third-order valence-corrected chi connectivity index (χ3v) is 5.44. The molecule has 1 rings (SSSR count). The molecule has 50 valence electrons. The number of hydrogen-bond donors (Lipinski definition) is 1. The molecule has 9 heavy (non-hydrogen) atoms. The van der Waals surface area contributed by atoms with Gasteiger partial charge in [0, 0.05) is 0 Å². The van der Waals surface area contributed by atoms with Crippen LogP contribution in [-0.2, 0) is 4.79 Å². The molecule has 1 fully saturated rings. The second-order valence-electron chi connectivity index (χ2n) is 2.06. The molecule has 1 N–H and O–H groups in total. The fourth-order valence-electron chi connectivity index (χ4n) is 0.647. The van der Waals surface area contributed by atoms with Crippen LogP contribution in [0.3, 0.4) is 0 Å². The molecule has 0 radical (unpaired) electrons. The van der Waals surface area contributed by atoms with E-state index in [1.165, 1.54) is 23.3 Å². The van der Waals surface area contributed by atoms with E-state index in [1.807, 2.05) is 0 Å². The van der Waals surface area contributed by atoms with Crippen LogP contribution in [0.4, 0.5) is 0 Å². The number of carboxylic acid groups (broad SMARTS) is 1. The zero-order valence-corrected chi connectivity index (χ0v) is 8.22. The SMILES string of the molecule is O=CO.[Br][Mg][CH]1CCC1. The van der Waals surface area contributed by atoms with Gasteiger partial charge < -0.3 is 18.0 Å². The van der Waals surface area contributed by atoms with Gasteiger partial charge in [-0.2, -0.15) is 0 Å². The van der Waals surface area contributed by atoms with Crippen LogP contribution >= 0.6 is 12.9 Å². The lowest BCUT2D eigenvalue weighted by molar-refractivity contribution is -0.122. The first kappa shape index (κ1) is 9.72. The molecule has 0 aliphatic heterocycles. The van der Waals surface area contributed by atoms with Gasteiger partial charge in [-0.15, -0.1) is 4.05 Å². The van der Waals surface area contributed by atoms with Gasteiger partial charge in [-0.1, -0.05) is 19.3 Å². The van der Waals surface area contributed by atoms with Gasteiger partial charge in [0.1, 0.15) is 0 Å². The maximum atomic E-state index is 8.36. The first-order chi connectivity index (χ1) is 4.35. The van der Waals surface area contributed by atoms with E-state index in [0.29, 0.717) is 0 Å². The Morgan fingerprint density at radius 3 is 2.11 bits per heavy atom. The van der Waals surface area contributed by atoms with Crippen molar-refractivity contribution < 1.29 is 9.90 Å². The Kier molecular flexibility index (Phi) is 7.37. The van der Waals surface area contributed by atoms with Crippen LogP contribution in [0, 0.1) is 0 Å². The summed E-state index contributed by atoms with van der Waals surface area (Å²) in [4.78, 5) is 8.36. The predicted molar refractivity (Wildman–Crippen MR) is 41.0 cm³/mol. The Morgan fingerprint density at radius 1 is 1.67 bits per heavy atom. The van der Waals surface area contributed by atoms with Gasteiger partial charge >= 0.3 is 18.2 Å². The summed E-state index contributed by atoms with van der Waals surface area (Å²) < 4.78 is 1.17. The molecule has 0 aromatic rings. The number of rotatable bonds is 1. The van der Waals surface area contributed by atoms with E-state index in [2.05, 4.69) is 12.9 Å². The molecule has 4 heteroatoms. The summed E-state index contributed by atoms with van der Waals surface area (Å²) >= 11 is 3.80. The molecule has 1 aliphatic carbocycles. The van der Waals surface area contributed by atoms with Crippen molar-refractivity contribution in [3.8, 4) is 0 Å². The maximum absolute atomic E-state index is 8.36. The molecule has 0 amide bonds. The minimum absolute atomic E-state index is 0.238. The molecule has 0 aromatic carbocycles. The average molecular weight is 205 g/mol. The van der Waals surface area contributed by atoms with Crippen molar-refractivity contribution in [2.45, 2.75) is 23.3 Å². The summed E-state index contributed by atoms with van der Waals surface area (Å²) in [6, 6.07) is 0. The molecular formula is C5H9BrMgO2. The summed E-state index contributed by atoms with van der Waals surface area (Å²) in [5, 5.41) is 6.89. The average Bonchev–Trinajstić information content (AvgIpc) is 1.64. The van der Waals surface area contributed by atoms with Crippen LogP contribution in [0.1, 0.15) is 19.3 Å². The predicted octanol–water partition coefficient (Wildman–Crippen LogP) is 1.67. The smallest absolute Gasteiger partial charge is 0.471 e. The van der Waals surface area contributed by atoms with E-state index in [0.717, 1.165) is 0 Å². The maximum Gasteiger partial charge on any atom is 0.471 e. The van der Waals surface area contributed by atoms with Crippen molar-refractivity contribution in [3.05, 3.63) is 0 Å². The Hall–Kier alpha value is 0.716. The molecule has 0 saturated heterocycles. The lowest BCUT2D eigenvalue weighted by atomic mass is 9.99. The van der Waals surface area contributed by atoms with Crippen LogP contribution < -0.4 is 0 Å². The molecule has 0 unspecified atom stereocenters. The Labute approximate surface area is 70.6 Å². The van der Waals surface area contributed by atoms with Crippen LogP contribution in [0.15, 0.2) is 0 Å². The van der Waals surface area contributed by atoms with Gasteiger partial charge in [-0.05, 0) is 0 Å². The highest BCUT2D eigenvalue weighted by molar-refractivity contribution is 9.23. The van der Waals surface area contributed by atoms with E-state index >= 15 is 0 Å². The second kappa shape index (κ2) is 6.83. The first-order valence-electron chi connectivity index (χ1n) is 2.99. The minimum atomic E-state index is -0.250. The topological polar surface area (TPSA) is 37.3 Å². The van der Waals surface area contributed by atoms with Gasteiger partial charge in [0.25, 0.3) is 6.47 Å². The van der Waals surface area contributed by atoms with Crippen molar-refractivity contribution in [1.82, 2.24) is 0 Å². The third-order valence-electron chi connectivity index (χ3n) is 1.44. The largest absolute Gasteiger partial charge is 0.483 e. The standard InChI is InChI=1S/C4H7.CH2O2.BrH.Mg/c1-2-4-3-1;2-1-3;;/h1H,2-4H2;1H,(H,2,3);1H;/q;;;+1/p-1. The summed E-state index contributed by atoms with van der Waals surface area (Å²) in [5.41, 5.74) is 0. The molecule has 0 heterocycles. The Morgan fingerprint density at radius 2 is 2.11 bits per heavy atom. The zero-order chi connectivity index (χ0) is 7.11. The summed E-state index contributed by atoms with van der Waals surface area (Å²) in [6.07, 6.45) is 4.55. The van der Waals surface area contributed by atoms with E-state index in [-0.39, 0.29) is 24.7 Å². The van der Waals surface area contributed by atoms with E-state index in [1.54, 1.807) is 0 Å². The lowest BCUT2D eigenvalue weighted by Crippen LogP contribution is -2.06. The number of hydrogen-bond acceptors (Lipinski definition) is 1. The second-order valence-corrected chi connectivity index (χ2v) is 5.46. The summed E-state index contributed by atoms with van der Waals surface area (Å²) in [5.74, 6) is 0. The Balaban J connectivity index is 0.000000187. The third kappa shape index (κ3) is 5.18. The van der Waals surface area contributed by atoms with E-state index in [4.69, 9.17) is 9.90 Å². The van der Waals surface area contributed by atoms with Crippen LogP contribution in [0.2, 0.25) is 4.05 Å². The normalized spacial score (nSPS) is 16.1. The Bertz CT molecular complexity index is 72.6. The first-order valence-corrected chi connectivity index (χ1v) is 7.70. The highest BCUT2D eigenvalue weighted by Gasteiger charge is 2.16. The minimum Gasteiger partial charge on any atom is -0.483 e. The van der Waals surface area contributed by atoms with Crippen LogP contribution in [-0.4, -0.2) is 29.8 Å². The fraction of sp³-hybridized carbons (Fsp3) is 0.800. The monoisotopic (exact) mass is 204 g/mol.